The van der Waals surface area contributed by atoms with Crippen LogP contribution in [0.3, 0.4) is 0 Å². The summed E-state index contributed by atoms with van der Waals surface area (Å²) < 4.78 is 4.62. The van der Waals surface area contributed by atoms with E-state index in [-0.39, 0.29) is 23.0 Å². The summed E-state index contributed by atoms with van der Waals surface area (Å²) in [5.74, 6) is -0.269. The summed E-state index contributed by atoms with van der Waals surface area (Å²) >= 11 is 7.88. The van der Waals surface area contributed by atoms with Crippen LogP contribution in [0.2, 0.25) is 0 Å². The van der Waals surface area contributed by atoms with Gasteiger partial charge in [-0.1, -0.05) is 30.3 Å². The Morgan fingerprint density at radius 1 is 1.44 bits per heavy atom. The number of carbonyl (C=O) groups is 1. The van der Waals surface area contributed by atoms with Crippen molar-refractivity contribution in [1.82, 2.24) is 0 Å². The summed E-state index contributed by atoms with van der Waals surface area (Å²) in [6, 6.07) is 9.95. The van der Waals surface area contributed by atoms with Crippen molar-refractivity contribution >= 4 is 29.3 Å². The first-order chi connectivity index (χ1) is 7.69. The molecule has 0 aliphatic carbocycles. The zero-order valence-corrected chi connectivity index (χ0v) is 10.9. The number of alkyl halides is 1. The second kappa shape index (κ2) is 6.81. The zero-order chi connectivity index (χ0) is 12.0. The van der Waals surface area contributed by atoms with E-state index in [1.54, 1.807) is 11.8 Å². The number of thioether (sulfide) groups is 1. The quantitative estimate of drug-likeness (QED) is 0.599. The molecular formula is C12H15ClO2S. The summed E-state index contributed by atoms with van der Waals surface area (Å²) in [6.07, 6.45) is 2.22. The minimum absolute atomic E-state index is 0.113. The highest BCUT2D eigenvalue weighted by Crippen LogP contribution is 2.34. The Bertz CT molecular complexity index is 329. The number of hydrogen-bond donors (Lipinski definition) is 0. The molecule has 0 radical (unpaired) electrons. The van der Waals surface area contributed by atoms with Crippen LogP contribution in [-0.4, -0.2) is 24.7 Å². The van der Waals surface area contributed by atoms with Gasteiger partial charge in [0.25, 0.3) is 0 Å². The molecule has 1 aromatic rings. The number of benzene rings is 1. The summed E-state index contributed by atoms with van der Waals surface area (Å²) in [4.78, 5) is 11.2. The van der Waals surface area contributed by atoms with Gasteiger partial charge in [-0.3, -0.25) is 4.79 Å². The molecule has 88 valence electrons. The molecule has 0 bridgehead atoms. The SMILES string of the molecule is COC(=O)CC(Cl)C(SC)c1ccccc1. The van der Waals surface area contributed by atoms with Crippen molar-refractivity contribution in [3.05, 3.63) is 35.9 Å². The lowest BCUT2D eigenvalue weighted by Gasteiger charge is -2.19. The van der Waals surface area contributed by atoms with Crippen molar-refractivity contribution in [2.45, 2.75) is 17.0 Å². The first-order valence-corrected chi connectivity index (χ1v) is 6.70. The molecule has 2 unspecified atom stereocenters. The fourth-order valence-corrected chi connectivity index (χ4v) is 2.89. The van der Waals surface area contributed by atoms with Crippen molar-refractivity contribution in [2.24, 2.45) is 0 Å². The average Bonchev–Trinajstić information content (AvgIpc) is 2.31. The van der Waals surface area contributed by atoms with E-state index < -0.39 is 0 Å². The van der Waals surface area contributed by atoms with Crippen LogP contribution in [0.15, 0.2) is 30.3 Å². The Hall–Kier alpha value is -0.670. The molecule has 0 N–H and O–H groups in total. The maximum atomic E-state index is 11.2. The van der Waals surface area contributed by atoms with Crippen molar-refractivity contribution < 1.29 is 9.53 Å². The molecule has 2 nitrogen and oxygen atoms in total. The van der Waals surface area contributed by atoms with Crippen LogP contribution in [0.5, 0.6) is 0 Å². The number of hydrogen-bond acceptors (Lipinski definition) is 3. The summed E-state index contributed by atoms with van der Waals surface area (Å²) in [7, 11) is 1.38. The molecule has 1 aromatic carbocycles. The fourth-order valence-electron chi connectivity index (χ4n) is 1.48. The van der Waals surface area contributed by atoms with E-state index >= 15 is 0 Å². The lowest BCUT2D eigenvalue weighted by molar-refractivity contribution is -0.140. The zero-order valence-electron chi connectivity index (χ0n) is 9.35. The van der Waals surface area contributed by atoms with E-state index in [1.165, 1.54) is 7.11 Å². The van der Waals surface area contributed by atoms with Crippen molar-refractivity contribution in [1.29, 1.82) is 0 Å². The van der Waals surface area contributed by atoms with Crippen LogP contribution in [0.4, 0.5) is 0 Å². The van der Waals surface area contributed by atoms with Gasteiger partial charge in [-0.15, -0.1) is 11.6 Å². The maximum absolute atomic E-state index is 11.2. The van der Waals surface area contributed by atoms with Crippen molar-refractivity contribution in [2.75, 3.05) is 13.4 Å². The average molecular weight is 259 g/mol. The lowest BCUT2D eigenvalue weighted by atomic mass is 10.1. The molecule has 0 aliphatic rings. The highest BCUT2D eigenvalue weighted by atomic mass is 35.5. The molecule has 1 rings (SSSR count). The predicted octanol–water partition coefficient (Wildman–Crippen LogP) is 3.26. The molecular weight excluding hydrogens is 244 g/mol. The molecule has 0 amide bonds. The molecule has 4 heteroatoms. The van der Waals surface area contributed by atoms with Gasteiger partial charge in [-0.25, -0.2) is 0 Å². The number of methoxy groups -OCH3 is 1. The molecule has 0 spiro atoms. The highest BCUT2D eigenvalue weighted by molar-refractivity contribution is 7.98. The summed E-state index contributed by atoms with van der Waals surface area (Å²) in [5, 5.41) is -0.133. The predicted molar refractivity (Wildman–Crippen MR) is 69.0 cm³/mol. The number of carbonyl (C=O) groups excluding carboxylic acids is 1. The molecule has 0 aliphatic heterocycles. The van der Waals surface area contributed by atoms with Gasteiger partial charge in [-0.05, 0) is 11.8 Å². The minimum Gasteiger partial charge on any atom is -0.469 e. The number of esters is 1. The smallest absolute Gasteiger partial charge is 0.307 e. The standard InChI is InChI=1S/C12H15ClO2S/c1-15-11(14)8-10(13)12(16-2)9-6-4-3-5-7-9/h3-7,10,12H,8H2,1-2H3. The Balaban J connectivity index is 2.71. The molecule has 0 fully saturated rings. The largest absolute Gasteiger partial charge is 0.469 e. The van der Waals surface area contributed by atoms with E-state index in [2.05, 4.69) is 4.74 Å². The highest BCUT2D eigenvalue weighted by Gasteiger charge is 2.23. The van der Waals surface area contributed by atoms with Gasteiger partial charge in [0.05, 0.1) is 18.9 Å². The molecule has 0 aromatic heterocycles. The van der Waals surface area contributed by atoms with Gasteiger partial charge >= 0.3 is 5.97 Å². The topological polar surface area (TPSA) is 26.3 Å². The van der Waals surface area contributed by atoms with Gasteiger partial charge in [0.2, 0.25) is 0 Å². The molecule has 0 heterocycles. The second-order valence-corrected chi connectivity index (χ2v) is 4.90. The van der Waals surface area contributed by atoms with E-state index in [9.17, 15) is 4.79 Å². The van der Waals surface area contributed by atoms with Crippen LogP contribution < -0.4 is 0 Å². The Labute approximate surface area is 105 Å². The Morgan fingerprint density at radius 3 is 2.56 bits per heavy atom. The second-order valence-electron chi connectivity index (χ2n) is 3.36. The lowest BCUT2D eigenvalue weighted by Crippen LogP contribution is -2.15. The van der Waals surface area contributed by atoms with Crippen LogP contribution in [-0.2, 0) is 9.53 Å². The third-order valence-electron chi connectivity index (χ3n) is 2.30. The first-order valence-electron chi connectivity index (χ1n) is 4.97. The Kier molecular flexibility index (Phi) is 5.71. The van der Waals surface area contributed by atoms with Crippen LogP contribution in [0, 0.1) is 0 Å². The third-order valence-corrected chi connectivity index (χ3v) is 3.96. The number of ether oxygens (including phenoxy) is 1. The summed E-state index contributed by atoms with van der Waals surface area (Å²) in [5.41, 5.74) is 1.14. The third kappa shape index (κ3) is 3.72. The van der Waals surface area contributed by atoms with E-state index in [0.717, 1.165) is 5.56 Å². The van der Waals surface area contributed by atoms with Gasteiger partial charge < -0.3 is 4.74 Å². The fraction of sp³-hybridized carbons (Fsp3) is 0.417. The number of rotatable bonds is 5. The van der Waals surface area contributed by atoms with Crippen molar-refractivity contribution in [3.63, 3.8) is 0 Å². The molecule has 0 saturated heterocycles. The monoisotopic (exact) mass is 258 g/mol. The molecule has 2 atom stereocenters. The van der Waals surface area contributed by atoms with E-state index in [1.807, 2.05) is 36.6 Å². The minimum atomic E-state index is -0.269. The molecule has 0 saturated carbocycles. The van der Waals surface area contributed by atoms with Crippen LogP contribution in [0.25, 0.3) is 0 Å². The van der Waals surface area contributed by atoms with E-state index in [4.69, 9.17) is 11.6 Å². The van der Waals surface area contributed by atoms with Crippen LogP contribution in [0.1, 0.15) is 17.2 Å². The Morgan fingerprint density at radius 2 is 2.06 bits per heavy atom. The van der Waals surface area contributed by atoms with Crippen molar-refractivity contribution in [3.8, 4) is 0 Å². The van der Waals surface area contributed by atoms with Gasteiger partial charge in [-0.2, -0.15) is 11.8 Å². The first kappa shape index (κ1) is 13.4. The normalized spacial score (nSPS) is 14.2. The van der Waals surface area contributed by atoms with Gasteiger partial charge in [0, 0.05) is 5.25 Å². The van der Waals surface area contributed by atoms with Crippen LogP contribution >= 0.6 is 23.4 Å². The van der Waals surface area contributed by atoms with Gasteiger partial charge in [0.1, 0.15) is 0 Å². The number of halogens is 1. The molecule has 16 heavy (non-hydrogen) atoms. The maximum Gasteiger partial charge on any atom is 0.307 e. The van der Waals surface area contributed by atoms with E-state index in [0.29, 0.717) is 0 Å². The van der Waals surface area contributed by atoms with Gasteiger partial charge in [0.15, 0.2) is 0 Å². The summed E-state index contributed by atoms with van der Waals surface area (Å²) in [6.45, 7) is 0.